The largest absolute Gasteiger partial charge is 0.393 e. The van der Waals surface area contributed by atoms with Crippen molar-refractivity contribution in [1.29, 1.82) is 5.41 Å². The SMILES string of the molecule is N=C(c1ccc(CNC(=O)c2cc3ccccc3s2)cc1)c1c(N)ncnc1NC1CCC(O)CC1. The smallest absolute Gasteiger partial charge is 0.261 e. The number of hydrogen-bond donors (Lipinski definition) is 5. The number of aliphatic hydroxyl groups is 1. The molecule has 9 heteroatoms. The summed E-state index contributed by atoms with van der Waals surface area (Å²) in [5, 5.41) is 26.0. The Kier molecular flexibility index (Phi) is 6.92. The van der Waals surface area contributed by atoms with E-state index in [4.69, 9.17) is 11.1 Å². The molecular weight excluding hydrogens is 472 g/mol. The summed E-state index contributed by atoms with van der Waals surface area (Å²) in [7, 11) is 0. The summed E-state index contributed by atoms with van der Waals surface area (Å²) < 4.78 is 1.09. The summed E-state index contributed by atoms with van der Waals surface area (Å²) in [6.07, 6.45) is 4.30. The summed E-state index contributed by atoms with van der Waals surface area (Å²) in [6, 6.07) is 17.5. The van der Waals surface area contributed by atoms with Crippen LogP contribution in [0.5, 0.6) is 0 Å². The topological polar surface area (TPSA) is 137 Å². The third-order valence-electron chi connectivity index (χ3n) is 6.51. The van der Waals surface area contributed by atoms with Gasteiger partial charge in [-0.3, -0.25) is 10.2 Å². The van der Waals surface area contributed by atoms with Crippen molar-refractivity contribution in [1.82, 2.24) is 15.3 Å². The number of fused-ring (bicyclic) bond motifs is 1. The number of aromatic nitrogens is 2. The molecule has 36 heavy (non-hydrogen) atoms. The lowest BCUT2D eigenvalue weighted by Gasteiger charge is -2.27. The Labute approximate surface area is 213 Å². The standard InChI is InChI=1S/C27H28N6O2S/c28-24(23-25(29)31-15-32-26(23)33-19-9-11-20(34)12-10-19)17-7-5-16(6-8-17)14-30-27(35)22-13-18-3-1-2-4-21(18)36-22/h1-8,13,15,19-20,28,34H,9-12,14H2,(H,30,35)(H3,29,31,32,33). The molecule has 1 fully saturated rings. The molecule has 0 aliphatic heterocycles. The quantitative estimate of drug-likeness (QED) is 0.240. The molecule has 0 radical (unpaired) electrons. The molecule has 2 aromatic carbocycles. The molecule has 0 bridgehead atoms. The van der Waals surface area contributed by atoms with Crippen LogP contribution in [0, 0.1) is 5.41 Å². The predicted octanol–water partition coefficient (Wildman–Crippen LogP) is 4.34. The maximum Gasteiger partial charge on any atom is 0.261 e. The number of benzene rings is 2. The van der Waals surface area contributed by atoms with Crippen molar-refractivity contribution in [3.63, 3.8) is 0 Å². The van der Waals surface area contributed by atoms with Crippen LogP contribution in [0.2, 0.25) is 0 Å². The average molecular weight is 501 g/mol. The average Bonchev–Trinajstić information content (AvgIpc) is 3.33. The first-order chi connectivity index (χ1) is 17.5. The van der Waals surface area contributed by atoms with E-state index in [2.05, 4.69) is 20.6 Å². The summed E-state index contributed by atoms with van der Waals surface area (Å²) in [5.41, 5.74) is 8.47. The fourth-order valence-corrected chi connectivity index (χ4v) is 5.44. The fraction of sp³-hybridized carbons (Fsp3) is 0.259. The minimum absolute atomic E-state index is 0.104. The summed E-state index contributed by atoms with van der Waals surface area (Å²) in [5.74, 6) is 0.676. The van der Waals surface area contributed by atoms with Gasteiger partial charge in [-0.2, -0.15) is 0 Å². The van der Waals surface area contributed by atoms with E-state index >= 15 is 0 Å². The number of amides is 1. The molecule has 4 aromatic rings. The number of anilines is 2. The Morgan fingerprint density at radius 2 is 1.83 bits per heavy atom. The van der Waals surface area contributed by atoms with Gasteiger partial charge in [0.1, 0.15) is 18.0 Å². The molecule has 1 saturated carbocycles. The maximum absolute atomic E-state index is 12.6. The Balaban J connectivity index is 1.25. The van der Waals surface area contributed by atoms with Gasteiger partial charge in [-0.05, 0) is 48.8 Å². The van der Waals surface area contributed by atoms with Crippen molar-refractivity contribution >= 4 is 44.7 Å². The van der Waals surface area contributed by atoms with E-state index in [1.807, 2.05) is 54.6 Å². The van der Waals surface area contributed by atoms with Crippen molar-refractivity contribution < 1.29 is 9.90 Å². The second-order valence-electron chi connectivity index (χ2n) is 9.04. The molecule has 2 heterocycles. The Morgan fingerprint density at radius 1 is 1.08 bits per heavy atom. The number of carbonyl (C=O) groups is 1. The number of aliphatic hydroxyl groups excluding tert-OH is 1. The van der Waals surface area contributed by atoms with E-state index in [-0.39, 0.29) is 29.6 Å². The molecule has 8 nitrogen and oxygen atoms in total. The van der Waals surface area contributed by atoms with Gasteiger partial charge in [-0.25, -0.2) is 9.97 Å². The Hall–Kier alpha value is -3.82. The van der Waals surface area contributed by atoms with Gasteiger partial charge in [0.05, 0.1) is 22.3 Å². The second kappa shape index (κ2) is 10.4. The number of nitrogens with two attached hydrogens (primary N) is 1. The molecule has 1 aliphatic carbocycles. The molecule has 6 N–H and O–H groups in total. The highest BCUT2D eigenvalue weighted by Gasteiger charge is 2.23. The van der Waals surface area contributed by atoms with Gasteiger partial charge in [0.2, 0.25) is 0 Å². The normalized spacial score (nSPS) is 17.6. The first-order valence-corrected chi connectivity index (χ1v) is 12.8. The van der Waals surface area contributed by atoms with Crippen LogP contribution < -0.4 is 16.4 Å². The molecule has 0 spiro atoms. The maximum atomic E-state index is 12.6. The zero-order chi connectivity index (χ0) is 25.1. The van der Waals surface area contributed by atoms with Crippen molar-refractivity contribution in [2.45, 2.75) is 44.4 Å². The van der Waals surface area contributed by atoms with E-state index in [1.54, 1.807) is 0 Å². The van der Waals surface area contributed by atoms with Crippen LogP contribution in [0.3, 0.4) is 0 Å². The lowest BCUT2D eigenvalue weighted by Crippen LogP contribution is -2.29. The van der Waals surface area contributed by atoms with Gasteiger partial charge in [0.15, 0.2) is 0 Å². The zero-order valence-electron chi connectivity index (χ0n) is 19.7. The number of nitrogen functional groups attached to an aromatic ring is 1. The van der Waals surface area contributed by atoms with E-state index in [1.165, 1.54) is 17.7 Å². The molecule has 1 aliphatic rings. The second-order valence-corrected chi connectivity index (χ2v) is 10.1. The Morgan fingerprint density at radius 3 is 2.58 bits per heavy atom. The lowest BCUT2D eigenvalue weighted by molar-refractivity contribution is 0.0955. The lowest BCUT2D eigenvalue weighted by atomic mass is 9.93. The number of rotatable bonds is 7. The van der Waals surface area contributed by atoms with Crippen LogP contribution in [0.15, 0.2) is 60.9 Å². The summed E-state index contributed by atoms with van der Waals surface area (Å²) >= 11 is 1.48. The molecule has 1 amide bonds. The highest BCUT2D eigenvalue weighted by Crippen LogP contribution is 2.27. The minimum atomic E-state index is -0.246. The van der Waals surface area contributed by atoms with Crippen LogP contribution in [-0.2, 0) is 6.54 Å². The summed E-state index contributed by atoms with van der Waals surface area (Å²) in [6.45, 7) is 0.387. The number of hydrogen-bond acceptors (Lipinski definition) is 8. The fourth-order valence-electron chi connectivity index (χ4n) is 4.47. The van der Waals surface area contributed by atoms with Gasteiger partial charge < -0.3 is 21.5 Å². The van der Waals surface area contributed by atoms with Crippen molar-refractivity contribution in [3.8, 4) is 0 Å². The molecule has 184 valence electrons. The van der Waals surface area contributed by atoms with E-state index in [0.29, 0.717) is 28.4 Å². The van der Waals surface area contributed by atoms with E-state index in [0.717, 1.165) is 41.3 Å². The summed E-state index contributed by atoms with van der Waals surface area (Å²) in [4.78, 5) is 21.8. The predicted molar refractivity (Wildman–Crippen MR) is 144 cm³/mol. The molecule has 0 saturated heterocycles. The van der Waals surface area contributed by atoms with Crippen LogP contribution in [0.1, 0.15) is 52.0 Å². The zero-order valence-corrected chi connectivity index (χ0v) is 20.5. The number of carbonyl (C=O) groups excluding carboxylic acids is 1. The Bertz CT molecular complexity index is 1360. The molecule has 0 unspecified atom stereocenters. The molecule has 2 aromatic heterocycles. The molecule has 0 atom stereocenters. The van der Waals surface area contributed by atoms with Gasteiger partial charge in [-0.1, -0.05) is 42.5 Å². The first-order valence-electron chi connectivity index (χ1n) is 12.0. The van der Waals surface area contributed by atoms with Crippen LogP contribution >= 0.6 is 11.3 Å². The highest BCUT2D eigenvalue weighted by atomic mass is 32.1. The first kappa shape index (κ1) is 23.9. The van der Waals surface area contributed by atoms with Gasteiger partial charge in [-0.15, -0.1) is 11.3 Å². The van der Waals surface area contributed by atoms with Crippen LogP contribution in [0.25, 0.3) is 10.1 Å². The van der Waals surface area contributed by atoms with Crippen LogP contribution in [0.4, 0.5) is 11.6 Å². The molecular formula is C27H28N6O2S. The van der Waals surface area contributed by atoms with Crippen molar-refractivity contribution in [2.24, 2.45) is 0 Å². The number of nitrogens with one attached hydrogen (secondary N) is 3. The third-order valence-corrected chi connectivity index (χ3v) is 7.62. The monoisotopic (exact) mass is 500 g/mol. The van der Waals surface area contributed by atoms with E-state index < -0.39 is 0 Å². The van der Waals surface area contributed by atoms with Gasteiger partial charge in [0, 0.05) is 22.8 Å². The third kappa shape index (κ3) is 5.22. The number of nitrogens with zero attached hydrogens (tertiary/aromatic N) is 2. The van der Waals surface area contributed by atoms with Gasteiger partial charge >= 0.3 is 0 Å². The number of thiophene rings is 1. The van der Waals surface area contributed by atoms with E-state index in [9.17, 15) is 9.90 Å². The van der Waals surface area contributed by atoms with Gasteiger partial charge in [0.25, 0.3) is 5.91 Å². The molecule has 5 rings (SSSR count). The highest BCUT2D eigenvalue weighted by molar-refractivity contribution is 7.20. The minimum Gasteiger partial charge on any atom is -0.393 e. The van der Waals surface area contributed by atoms with Crippen molar-refractivity contribution in [2.75, 3.05) is 11.1 Å². The van der Waals surface area contributed by atoms with Crippen molar-refractivity contribution in [3.05, 3.63) is 82.5 Å². The van der Waals surface area contributed by atoms with Crippen LogP contribution in [-0.4, -0.2) is 38.8 Å².